The van der Waals surface area contributed by atoms with Crippen molar-refractivity contribution in [3.05, 3.63) is 59.8 Å². The van der Waals surface area contributed by atoms with Gasteiger partial charge in [-0.15, -0.1) is 0 Å². The second-order valence-electron chi connectivity index (χ2n) is 12.2. The molecule has 0 radical (unpaired) electrons. The van der Waals surface area contributed by atoms with Crippen LogP contribution in [0.4, 0.5) is 0 Å². The minimum atomic E-state index is -0.989. The molecule has 3 rings (SSSR count). The Morgan fingerprint density at radius 2 is 1.82 bits per heavy atom. The number of aliphatic hydroxyl groups excluding tert-OH is 2. The van der Waals surface area contributed by atoms with E-state index in [0.717, 1.165) is 31.3 Å². The smallest absolute Gasteiger partial charge is 0.330 e. The third kappa shape index (κ3) is 10.2. The van der Waals surface area contributed by atoms with Crippen LogP contribution in [0.15, 0.2) is 59.8 Å². The van der Waals surface area contributed by atoms with E-state index in [0.29, 0.717) is 31.8 Å². The van der Waals surface area contributed by atoms with Crippen LogP contribution in [0, 0.1) is 17.8 Å². The van der Waals surface area contributed by atoms with Crippen molar-refractivity contribution in [3.63, 3.8) is 0 Å². The van der Waals surface area contributed by atoms with Crippen LogP contribution < -0.4 is 0 Å². The fraction of sp³-hybridized carbons (Fsp3) is 0.667. The number of ether oxygens (including phenoxy) is 3. The van der Waals surface area contributed by atoms with E-state index in [1.165, 1.54) is 17.2 Å². The molecule has 6 heteroatoms. The van der Waals surface area contributed by atoms with E-state index in [9.17, 15) is 15.0 Å². The molecule has 3 heterocycles. The van der Waals surface area contributed by atoms with Gasteiger partial charge in [0.2, 0.25) is 0 Å². The molecular weight excluding hydrogens is 492 g/mol. The van der Waals surface area contributed by atoms with E-state index in [1.54, 1.807) is 12.2 Å². The monoisotopic (exact) mass is 542 g/mol. The molecule has 0 aromatic rings. The highest BCUT2D eigenvalue weighted by molar-refractivity contribution is 5.82. The minimum Gasteiger partial charge on any atom is -0.456 e. The zero-order valence-electron chi connectivity index (χ0n) is 24.6. The average molecular weight is 543 g/mol. The lowest BCUT2D eigenvalue weighted by molar-refractivity contribution is -0.148. The Hall–Kier alpha value is -1.99. The molecule has 0 spiro atoms. The molecule has 0 aromatic heterocycles. The lowest BCUT2D eigenvalue weighted by Crippen LogP contribution is -2.35. The van der Waals surface area contributed by atoms with Gasteiger partial charge in [0.15, 0.2) is 0 Å². The van der Waals surface area contributed by atoms with Gasteiger partial charge in [0.25, 0.3) is 0 Å². The van der Waals surface area contributed by atoms with E-state index in [2.05, 4.69) is 39.5 Å². The summed E-state index contributed by atoms with van der Waals surface area (Å²) in [4.78, 5) is 12.8. The van der Waals surface area contributed by atoms with Gasteiger partial charge < -0.3 is 24.4 Å². The summed E-state index contributed by atoms with van der Waals surface area (Å²) in [6, 6.07) is 0. The third-order valence-corrected chi connectivity index (χ3v) is 8.57. The number of aliphatic hydroxyl groups is 2. The van der Waals surface area contributed by atoms with Gasteiger partial charge in [0.05, 0.1) is 31.0 Å². The fourth-order valence-electron chi connectivity index (χ4n) is 5.69. The molecule has 0 saturated heterocycles. The Balaban J connectivity index is 1.75. The van der Waals surface area contributed by atoms with Crippen molar-refractivity contribution in [2.45, 2.75) is 116 Å². The van der Waals surface area contributed by atoms with Crippen LogP contribution in [-0.4, -0.2) is 59.4 Å². The van der Waals surface area contributed by atoms with Crippen molar-refractivity contribution in [1.29, 1.82) is 0 Å². The number of cyclic esters (lactones) is 1. The van der Waals surface area contributed by atoms with E-state index in [1.807, 2.05) is 19.9 Å². The molecule has 3 aliphatic heterocycles. The molecular formula is C33H50O6. The predicted octanol–water partition coefficient (Wildman–Crippen LogP) is 6.00. The molecule has 218 valence electrons. The summed E-state index contributed by atoms with van der Waals surface area (Å²) in [5.41, 5.74) is 3.58. The van der Waals surface area contributed by atoms with E-state index >= 15 is 0 Å². The number of carbonyl (C=O) groups excluding carboxylic acids is 1. The van der Waals surface area contributed by atoms with Gasteiger partial charge in [-0.2, -0.15) is 0 Å². The summed E-state index contributed by atoms with van der Waals surface area (Å²) >= 11 is 0. The van der Waals surface area contributed by atoms with E-state index in [4.69, 9.17) is 14.2 Å². The summed E-state index contributed by atoms with van der Waals surface area (Å²) in [6.45, 7) is 15.3. The van der Waals surface area contributed by atoms with Crippen molar-refractivity contribution in [2.24, 2.45) is 17.8 Å². The quantitative estimate of drug-likeness (QED) is 0.336. The van der Waals surface area contributed by atoms with Crippen LogP contribution in [-0.2, 0) is 19.0 Å². The lowest BCUT2D eigenvalue weighted by atomic mass is 9.82. The van der Waals surface area contributed by atoms with E-state index in [-0.39, 0.29) is 30.1 Å². The Bertz CT molecular complexity index is 946. The maximum absolute atomic E-state index is 12.8. The van der Waals surface area contributed by atoms with Gasteiger partial charge in [-0.1, -0.05) is 68.9 Å². The van der Waals surface area contributed by atoms with Crippen LogP contribution >= 0.6 is 0 Å². The molecule has 0 saturated carbocycles. The Morgan fingerprint density at radius 1 is 1.05 bits per heavy atom. The van der Waals surface area contributed by atoms with Crippen molar-refractivity contribution in [1.82, 2.24) is 0 Å². The second kappa shape index (κ2) is 15.1. The molecule has 0 amide bonds. The summed E-state index contributed by atoms with van der Waals surface area (Å²) < 4.78 is 17.9. The normalized spacial score (nSPS) is 37.7. The summed E-state index contributed by atoms with van der Waals surface area (Å²) in [7, 11) is 0. The SMILES string of the molecule is C=C1CC(C)CC2CC=CC(C/C=C\C(=O)OC(C(O)/C=C/C3CC(C)=C(C)CO3)C[C@H](C)C(C)[C@@H](O)C1)O2. The molecule has 0 fully saturated rings. The molecule has 39 heavy (non-hydrogen) atoms. The zero-order valence-corrected chi connectivity index (χ0v) is 24.6. The summed E-state index contributed by atoms with van der Waals surface area (Å²) in [6.07, 6.45) is 13.6. The highest BCUT2D eigenvalue weighted by Gasteiger charge is 2.30. The lowest BCUT2D eigenvalue weighted by Gasteiger charge is -2.31. The molecule has 0 aliphatic carbocycles. The molecule has 9 atom stereocenters. The van der Waals surface area contributed by atoms with Crippen molar-refractivity contribution >= 4 is 5.97 Å². The van der Waals surface area contributed by atoms with E-state index < -0.39 is 24.3 Å². The van der Waals surface area contributed by atoms with Gasteiger partial charge in [-0.05, 0) is 82.1 Å². The van der Waals surface area contributed by atoms with Crippen LogP contribution in [0.5, 0.6) is 0 Å². The van der Waals surface area contributed by atoms with Gasteiger partial charge in [0.1, 0.15) is 12.2 Å². The maximum Gasteiger partial charge on any atom is 0.330 e. The number of esters is 1. The fourth-order valence-corrected chi connectivity index (χ4v) is 5.69. The van der Waals surface area contributed by atoms with Crippen LogP contribution in [0.25, 0.3) is 0 Å². The van der Waals surface area contributed by atoms with Crippen LogP contribution in [0.3, 0.4) is 0 Å². The molecule has 6 nitrogen and oxygen atoms in total. The highest BCUT2D eigenvalue weighted by atomic mass is 16.6. The Morgan fingerprint density at radius 3 is 2.56 bits per heavy atom. The van der Waals surface area contributed by atoms with Gasteiger partial charge >= 0.3 is 5.97 Å². The largest absolute Gasteiger partial charge is 0.456 e. The van der Waals surface area contributed by atoms with Gasteiger partial charge in [-0.3, -0.25) is 0 Å². The second-order valence-corrected chi connectivity index (χ2v) is 12.2. The number of rotatable bonds is 3. The van der Waals surface area contributed by atoms with Gasteiger partial charge in [0, 0.05) is 6.08 Å². The first-order valence-corrected chi connectivity index (χ1v) is 14.7. The Labute approximate surface area is 235 Å². The number of fused-ring (bicyclic) bond motifs is 2. The first-order chi connectivity index (χ1) is 18.5. The standard InChI is InChI=1S/C33H50O6/c1-21-15-22(2)17-31(35)26(6)24(4)19-32(30(34)14-13-28-18-23(3)25(5)20-37-28)39-33(36)12-8-10-27-9-7-11-29(16-21)38-27/h7-9,12-14,21,24,26-32,34-35H,2,10-11,15-20H2,1,3-6H3/b12-8-,14-13+/t21?,24-,26?,27?,28?,29?,30?,31-,32?/m0/s1. The molecule has 2 bridgehead atoms. The highest BCUT2D eigenvalue weighted by Crippen LogP contribution is 2.30. The summed E-state index contributed by atoms with van der Waals surface area (Å²) in [5, 5.41) is 22.1. The number of hydrogen-bond acceptors (Lipinski definition) is 6. The van der Waals surface area contributed by atoms with Crippen molar-refractivity contribution in [2.75, 3.05) is 6.61 Å². The molecule has 3 aliphatic rings. The molecule has 7 unspecified atom stereocenters. The number of hydrogen-bond donors (Lipinski definition) is 2. The zero-order chi connectivity index (χ0) is 28.5. The molecule has 2 N–H and O–H groups in total. The average Bonchev–Trinajstić information content (AvgIpc) is 2.87. The van der Waals surface area contributed by atoms with Gasteiger partial charge in [-0.25, -0.2) is 4.79 Å². The van der Waals surface area contributed by atoms with Crippen molar-refractivity contribution in [3.8, 4) is 0 Å². The maximum atomic E-state index is 12.8. The predicted molar refractivity (Wildman–Crippen MR) is 155 cm³/mol. The first kappa shape index (κ1) is 31.5. The Kier molecular flexibility index (Phi) is 12.2. The van der Waals surface area contributed by atoms with Crippen LogP contribution in [0.1, 0.15) is 79.6 Å². The van der Waals surface area contributed by atoms with Crippen molar-refractivity contribution < 1.29 is 29.2 Å². The third-order valence-electron chi connectivity index (χ3n) is 8.57. The first-order valence-electron chi connectivity index (χ1n) is 14.7. The topological polar surface area (TPSA) is 85.2 Å². The number of carbonyl (C=O) groups is 1. The summed E-state index contributed by atoms with van der Waals surface area (Å²) in [5.74, 6) is -0.142. The molecule has 0 aromatic carbocycles. The minimum absolute atomic E-state index is 0.00517. The van der Waals surface area contributed by atoms with Crippen LogP contribution in [0.2, 0.25) is 0 Å².